The maximum absolute atomic E-state index is 4.44. The average molecular weight is 313 g/mol. The Morgan fingerprint density at radius 3 is 2.61 bits per heavy atom. The Hall–Kier alpha value is -0.390. The summed E-state index contributed by atoms with van der Waals surface area (Å²) >= 11 is 3.63. The monoisotopic (exact) mass is 312 g/mol. The van der Waals surface area contributed by atoms with E-state index in [4.69, 9.17) is 0 Å². The van der Waals surface area contributed by atoms with Gasteiger partial charge < -0.3 is 10.2 Å². The molecular weight excluding hydrogens is 292 g/mol. The molecule has 3 saturated heterocycles. The molecule has 3 aliphatic rings. The lowest BCUT2D eigenvalue weighted by atomic mass is 9.84. The van der Waals surface area contributed by atoms with E-state index in [9.17, 15) is 0 Å². The van der Waals surface area contributed by atoms with Crippen molar-refractivity contribution in [3.63, 3.8) is 0 Å². The lowest BCUT2D eigenvalue weighted by Gasteiger charge is -2.45. The maximum atomic E-state index is 4.44. The fourth-order valence-electron chi connectivity index (χ4n) is 3.30. The normalized spacial score (nSPS) is 30.9. The molecule has 1 aromatic heterocycles. The average Bonchev–Trinajstić information content (AvgIpc) is 2.63. The summed E-state index contributed by atoms with van der Waals surface area (Å²) in [5, 5.41) is 8.17. The van der Waals surface area contributed by atoms with Gasteiger partial charge in [-0.05, 0) is 54.7 Å². The van der Waals surface area contributed by atoms with Gasteiger partial charge in [0, 0.05) is 26.2 Å². The van der Waals surface area contributed by atoms with Crippen molar-refractivity contribution in [2.75, 3.05) is 19.6 Å². The molecule has 3 aliphatic heterocycles. The summed E-state index contributed by atoms with van der Waals surface area (Å²) in [6.45, 7) is 6.78. The lowest BCUT2D eigenvalue weighted by Crippen LogP contribution is -2.55. The molecule has 5 heteroatoms. The highest BCUT2D eigenvalue weighted by molar-refractivity contribution is 9.10. The zero-order valence-corrected chi connectivity index (χ0v) is 12.7. The minimum atomic E-state index is 0.662. The van der Waals surface area contributed by atoms with Crippen molar-refractivity contribution in [3.05, 3.63) is 15.9 Å². The smallest absolute Gasteiger partial charge is 0.0739 e. The molecule has 100 valence electrons. The Kier molecular flexibility index (Phi) is 3.47. The molecule has 0 spiro atoms. The highest BCUT2D eigenvalue weighted by atomic mass is 79.9. The largest absolute Gasteiger partial charge is 0.307 e. The molecule has 0 saturated carbocycles. The highest BCUT2D eigenvalue weighted by Crippen LogP contribution is 2.28. The van der Waals surface area contributed by atoms with E-state index in [1.165, 1.54) is 38.2 Å². The molecule has 2 bridgehead atoms. The Morgan fingerprint density at radius 2 is 2.11 bits per heavy atom. The molecule has 3 fully saturated rings. The second kappa shape index (κ2) is 4.94. The maximum Gasteiger partial charge on any atom is 0.0739 e. The number of aryl methyl sites for hydroxylation is 2. The van der Waals surface area contributed by atoms with E-state index < -0.39 is 0 Å². The van der Waals surface area contributed by atoms with E-state index in [1.807, 2.05) is 18.7 Å². The SMILES string of the molecule is Cc1nn(C)c(CNC2CN3CCC2CC3)c1Br. The third-order valence-electron chi connectivity index (χ3n) is 4.45. The lowest BCUT2D eigenvalue weighted by molar-refractivity contribution is 0.0717. The zero-order chi connectivity index (χ0) is 12.7. The van der Waals surface area contributed by atoms with Crippen molar-refractivity contribution in [2.45, 2.75) is 32.4 Å². The van der Waals surface area contributed by atoms with Crippen molar-refractivity contribution < 1.29 is 0 Å². The van der Waals surface area contributed by atoms with Crippen LogP contribution < -0.4 is 5.32 Å². The van der Waals surface area contributed by atoms with Crippen molar-refractivity contribution in [3.8, 4) is 0 Å². The zero-order valence-electron chi connectivity index (χ0n) is 11.1. The van der Waals surface area contributed by atoms with Crippen LogP contribution in [0.3, 0.4) is 0 Å². The number of hydrogen-bond acceptors (Lipinski definition) is 3. The fourth-order valence-corrected chi connectivity index (χ4v) is 3.77. The summed E-state index contributed by atoms with van der Waals surface area (Å²) in [7, 11) is 2.02. The predicted octanol–water partition coefficient (Wildman–Crippen LogP) is 1.67. The summed E-state index contributed by atoms with van der Waals surface area (Å²) in [5.41, 5.74) is 2.33. The number of nitrogens with zero attached hydrogens (tertiary/aromatic N) is 3. The van der Waals surface area contributed by atoms with E-state index in [1.54, 1.807) is 0 Å². The molecule has 0 aliphatic carbocycles. The first kappa shape index (κ1) is 12.6. The molecule has 4 heterocycles. The molecule has 1 aromatic rings. The van der Waals surface area contributed by atoms with Crippen molar-refractivity contribution in [1.29, 1.82) is 0 Å². The summed E-state index contributed by atoms with van der Waals surface area (Å²) in [6, 6.07) is 0.662. The Morgan fingerprint density at radius 1 is 1.39 bits per heavy atom. The third-order valence-corrected chi connectivity index (χ3v) is 5.48. The summed E-state index contributed by atoms with van der Waals surface area (Å²) < 4.78 is 3.13. The molecular formula is C13H21BrN4. The first-order chi connectivity index (χ1) is 8.65. The van der Waals surface area contributed by atoms with Crippen LogP contribution in [0, 0.1) is 12.8 Å². The van der Waals surface area contributed by atoms with Crippen LogP contribution in [0.4, 0.5) is 0 Å². The number of halogens is 1. The number of nitrogens with one attached hydrogen (secondary N) is 1. The standard InChI is InChI=1S/C13H21BrN4/c1-9-13(14)12(17(2)16-9)7-15-11-8-18-5-3-10(11)4-6-18/h10-11,15H,3-8H2,1-2H3. The Labute approximate surface area is 117 Å². The van der Waals surface area contributed by atoms with Gasteiger partial charge in [0.2, 0.25) is 0 Å². The molecule has 1 atom stereocenters. The Balaban J connectivity index is 1.64. The van der Waals surface area contributed by atoms with Crippen LogP contribution in [0.25, 0.3) is 0 Å². The predicted molar refractivity (Wildman–Crippen MR) is 75.4 cm³/mol. The summed E-state index contributed by atoms with van der Waals surface area (Å²) in [5.74, 6) is 0.878. The van der Waals surface area contributed by atoms with E-state index >= 15 is 0 Å². The molecule has 1 N–H and O–H groups in total. The van der Waals surface area contributed by atoms with Gasteiger partial charge in [0.15, 0.2) is 0 Å². The van der Waals surface area contributed by atoms with Gasteiger partial charge in [0.25, 0.3) is 0 Å². The van der Waals surface area contributed by atoms with E-state index in [0.717, 1.165) is 22.6 Å². The fraction of sp³-hybridized carbons (Fsp3) is 0.769. The van der Waals surface area contributed by atoms with E-state index in [2.05, 4.69) is 31.2 Å². The van der Waals surface area contributed by atoms with Crippen LogP contribution in [0.2, 0.25) is 0 Å². The van der Waals surface area contributed by atoms with Gasteiger partial charge in [-0.25, -0.2) is 0 Å². The second-order valence-corrected chi connectivity index (χ2v) is 6.39. The van der Waals surface area contributed by atoms with Gasteiger partial charge >= 0.3 is 0 Å². The molecule has 4 rings (SSSR count). The Bertz CT molecular complexity index is 434. The minimum Gasteiger partial charge on any atom is -0.307 e. The molecule has 1 unspecified atom stereocenters. The molecule has 0 amide bonds. The van der Waals surface area contributed by atoms with Crippen LogP contribution in [-0.2, 0) is 13.6 Å². The van der Waals surface area contributed by atoms with Gasteiger partial charge in [-0.2, -0.15) is 5.10 Å². The van der Waals surface area contributed by atoms with Crippen molar-refractivity contribution in [1.82, 2.24) is 20.0 Å². The van der Waals surface area contributed by atoms with Crippen LogP contribution in [0.1, 0.15) is 24.2 Å². The first-order valence-electron chi connectivity index (χ1n) is 6.79. The number of fused-ring (bicyclic) bond motifs is 3. The minimum absolute atomic E-state index is 0.662. The van der Waals surface area contributed by atoms with Gasteiger partial charge in [-0.1, -0.05) is 0 Å². The van der Waals surface area contributed by atoms with Gasteiger partial charge in [-0.15, -0.1) is 0 Å². The van der Waals surface area contributed by atoms with Crippen LogP contribution in [-0.4, -0.2) is 40.4 Å². The molecule has 0 radical (unpaired) electrons. The van der Waals surface area contributed by atoms with Crippen molar-refractivity contribution >= 4 is 15.9 Å². The van der Waals surface area contributed by atoms with E-state index in [0.29, 0.717) is 6.04 Å². The van der Waals surface area contributed by atoms with Crippen LogP contribution in [0.5, 0.6) is 0 Å². The van der Waals surface area contributed by atoms with Gasteiger partial charge in [0.1, 0.15) is 0 Å². The van der Waals surface area contributed by atoms with Gasteiger partial charge in [-0.3, -0.25) is 4.68 Å². The quantitative estimate of drug-likeness (QED) is 0.922. The summed E-state index contributed by atoms with van der Waals surface area (Å²) in [4.78, 5) is 2.58. The van der Waals surface area contributed by atoms with Crippen LogP contribution >= 0.6 is 15.9 Å². The van der Waals surface area contributed by atoms with E-state index in [-0.39, 0.29) is 0 Å². The molecule has 18 heavy (non-hydrogen) atoms. The topological polar surface area (TPSA) is 33.1 Å². The number of hydrogen-bond donors (Lipinski definition) is 1. The molecule has 0 aromatic carbocycles. The first-order valence-corrected chi connectivity index (χ1v) is 7.58. The number of piperidine rings is 3. The van der Waals surface area contributed by atoms with Crippen LogP contribution in [0.15, 0.2) is 4.47 Å². The molecule has 4 nitrogen and oxygen atoms in total. The second-order valence-electron chi connectivity index (χ2n) is 5.60. The van der Waals surface area contributed by atoms with Gasteiger partial charge in [0.05, 0.1) is 15.9 Å². The summed E-state index contributed by atoms with van der Waals surface area (Å²) in [6.07, 6.45) is 2.73. The number of aromatic nitrogens is 2. The van der Waals surface area contributed by atoms with Crippen molar-refractivity contribution in [2.24, 2.45) is 13.0 Å². The highest BCUT2D eigenvalue weighted by Gasteiger charge is 2.33. The third kappa shape index (κ3) is 2.24. The number of rotatable bonds is 3.